The summed E-state index contributed by atoms with van der Waals surface area (Å²) >= 11 is 0. The van der Waals surface area contributed by atoms with Crippen molar-refractivity contribution < 1.29 is 23.8 Å². The topological polar surface area (TPSA) is 85.6 Å². The van der Waals surface area contributed by atoms with Crippen molar-refractivity contribution in [1.82, 2.24) is 14.9 Å². The van der Waals surface area contributed by atoms with Crippen molar-refractivity contribution in [3.63, 3.8) is 0 Å². The van der Waals surface area contributed by atoms with Crippen LogP contribution in [0.25, 0.3) is 16.7 Å². The number of halogens is 1. The van der Waals surface area contributed by atoms with Gasteiger partial charge in [-0.1, -0.05) is 0 Å². The van der Waals surface area contributed by atoms with Crippen molar-refractivity contribution in [3.05, 3.63) is 84.4 Å². The fraction of sp³-hybridized carbons (Fsp3) is 0.200. The number of carbonyl (C=O) groups excluding carboxylic acids is 1. The van der Waals surface area contributed by atoms with E-state index in [1.807, 2.05) is 34.9 Å². The molecule has 0 aliphatic heterocycles. The summed E-state index contributed by atoms with van der Waals surface area (Å²) in [6.45, 7) is 1.08. The van der Waals surface area contributed by atoms with E-state index in [-0.39, 0.29) is 24.9 Å². The molecule has 1 aromatic heterocycles. The Morgan fingerprint density at radius 2 is 1.64 bits per heavy atom. The van der Waals surface area contributed by atoms with Gasteiger partial charge in [0.25, 0.3) is 5.91 Å². The molecule has 4 aromatic rings. The smallest absolute Gasteiger partial charge is 0.251 e. The van der Waals surface area contributed by atoms with E-state index >= 15 is 0 Å². The van der Waals surface area contributed by atoms with Gasteiger partial charge in [-0.15, -0.1) is 0 Å². The molecule has 0 spiro atoms. The van der Waals surface area contributed by atoms with Gasteiger partial charge in [0.05, 0.1) is 30.9 Å². The lowest BCUT2D eigenvalue weighted by Crippen LogP contribution is -2.26. The van der Waals surface area contributed by atoms with Crippen LogP contribution < -0.4 is 14.8 Å². The van der Waals surface area contributed by atoms with Crippen molar-refractivity contribution in [2.75, 3.05) is 26.4 Å². The lowest BCUT2D eigenvalue weighted by Gasteiger charge is -2.09. The minimum absolute atomic E-state index is 0.105. The van der Waals surface area contributed by atoms with Crippen LogP contribution >= 0.6 is 0 Å². The molecule has 8 heteroatoms. The third-order valence-electron chi connectivity index (χ3n) is 4.96. The second-order valence-corrected chi connectivity index (χ2v) is 7.30. The van der Waals surface area contributed by atoms with Gasteiger partial charge in [-0.2, -0.15) is 0 Å². The summed E-state index contributed by atoms with van der Waals surface area (Å²) < 4.78 is 26.2. The van der Waals surface area contributed by atoms with E-state index in [1.165, 1.54) is 12.1 Å². The third-order valence-corrected chi connectivity index (χ3v) is 4.96. The summed E-state index contributed by atoms with van der Waals surface area (Å²) in [4.78, 5) is 16.5. The van der Waals surface area contributed by atoms with E-state index in [9.17, 15) is 9.18 Å². The molecule has 7 nitrogen and oxygen atoms in total. The van der Waals surface area contributed by atoms with Gasteiger partial charge in [-0.05, 0) is 66.7 Å². The Kier molecular flexibility index (Phi) is 7.16. The number of aromatic nitrogens is 2. The van der Waals surface area contributed by atoms with Crippen LogP contribution in [-0.2, 0) is 0 Å². The number of fused-ring (bicyclic) bond motifs is 1. The third kappa shape index (κ3) is 5.67. The lowest BCUT2D eigenvalue weighted by molar-refractivity contribution is 0.0945. The van der Waals surface area contributed by atoms with Gasteiger partial charge in [-0.3, -0.25) is 9.36 Å². The van der Waals surface area contributed by atoms with Gasteiger partial charge in [-0.25, -0.2) is 9.37 Å². The van der Waals surface area contributed by atoms with Crippen LogP contribution in [0.3, 0.4) is 0 Å². The molecule has 0 atom stereocenters. The maximum Gasteiger partial charge on any atom is 0.251 e. The summed E-state index contributed by atoms with van der Waals surface area (Å²) in [5.74, 6) is 0.841. The highest BCUT2D eigenvalue weighted by Crippen LogP contribution is 2.22. The zero-order chi connectivity index (χ0) is 23.0. The maximum atomic E-state index is 12.9. The molecule has 0 radical (unpaired) electrons. The van der Waals surface area contributed by atoms with Crippen molar-refractivity contribution in [2.24, 2.45) is 0 Å². The standard InChI is InChI=1S/C25H24FN3O4/c26-19-3-7-21(8-4-19)32-14-1-15-33-22-9-5-20(6-10-22)29-17-28-23-16-18(2-11-24(23)29)25(31)27-12-13-30/h2-11,16-17,30H,1,12-15H2,(H,27,31). The first-order valence-corrected chi connectivity index (χ1v) is 10.6. The Hall–Kier alpha value is -3.91. The number of nitrogens with zero attached hydrogens (tertiary/aromatic N) is 2. The summed E-state index contributed by atoms with van der Waals surface area (Å²) in [7, 11) is 0. The van der Waals surface area contributed by atoms with Crippen LogP contribution in [0.1, 0.15) is 16.8 Å². The van der Waals surface area contributed by atoms with Crippen LogP contribution in [-0.4, -0.2) is 46.9 Å². The number of hydrogen-bond acceptors (Lipinski definition) is 5. The first kappa shape index (κ1) is 22.3. The first-order chi connectivity index (χ1) is 16.1. The monoisotopic (exact) mass is 449 g/mol. The number of hydrogen-bond donors (Lipinski definition) is 2. The molecule has 170 valence electrons. The predicted molar refractivity (Wildman–Crippen MR) is 122 cm³/mol. The average Bonchev–Trinajstić information content (AvgIpc) is 3.27. The minimum Gasteiger partial charge on any atom is -0.493 e. The van der Waals surface area contributed by atoms with Crippen molar-refractivity contribution in [2.45, 2.75) is 6.42 Å². The number of aliphatic hydroxyl groups excluding tert-OH is 1. The molecular weight excluding hydrogens is 425 g/mol. The molecule has 0 unspecified atom stereocenters. The number of nitrogens with one attached hydrogen (secondary N) is 1. The quantitative estimate of drug-likeness (QED) is 0.360. The van der Waals surface area contributed by atoms with Crippen molar-refractivity contribution in [3.8, 4) is 17.2 Å². The Labute approximate surface area is 190 Å². The Balaban J connectivity index is 1.32. The van der Waals surface area contributed by atoms with Crippen molar-refractivity contribution in [1.29, 1.82) is 0 Å². The molecule has 0 bridgehead atoms. The number of imidazole rings is 1. The molecule has 4 rings (SSSR count). The molecular formula is C25H24FN3O4. The molecule has 0 saturated carbocycles. The molecule has 0 aliphatic rings. The number of rotatable bonds is 10. The highest BCUT2D eigenvalue weighted by atomic mass is 19.1. The fourth-order valence-corrected chi connectivity index (χ4v) is 3.30. The zero-order valence-corrected chi connectivity index (χ0v) is 17.9. The van der Waals surface area contributed by atoms with Gasteiger partial charge >= 0.3 is 0 Å². The Morgan fingerprint density at radius 3 is 2.30 bits per heavy atom. The number of aliphatic hydroxyl groups is 1. The second-order valence-electron chi connectivity index (χ2n) is 7.30. The SMILES string of the molecule is O=C(NCCO)c1ccc2c(c1)ncn2-c1ccc(OCCCOc2ccc(F)cc2)cc1. The molecule has 3 aromatic carbocycles. The van der Waals surface area contributed by atoms with E-state index < -0.39 is 0 Å². The highest BCUT2D eigenvalue weighted by Gasteiger charge is 2.10. The number of benzene rings is 3. The summed E-state index contributed by atoms with van der Waals surface area (Å²) in [5.41, 5.74) is 2.99. The van der Waals surface area contributed by atoms with E-state index in [4.69, 9.17) is 14.6 Å². The second kappa shape index (κ2) is 10.6. The largest absolute Gasteiger partial charge is 0.493 e. The predicted octanol–water partition coefficient (Wildman–Crippen LogP) is 3.73. The van der Waals surface area contributed by atoms with Gasteiger partial charge in [0.15, 0.2) is 0 Å². The van der Waals surface area contributed by atoms with E-state index in [0.29, 0.717) is 36.5 Å². The summed E-state index contributed by atoms with van der Waals surface area (Å²) in [6.07, 6.45) is 2.40. The van der Waals surface area contributed by atoms with E-state index in [1.54, 1.807) is 30.6 Å². The molecule has 0 saturated heterocycles. The zero-order valence-electron chi connectivity index (χ0n) is 17.9. The van der Waals surface area contributed by atoms with Gasteiger partial charge < -0.3 is 19.9 Å². The van der Waals surface area contributed by atoms with Crippen LogP contribution in [0.15, 0.2) is 73.1 Å². The minimum atomic E-state index is -0.288. The molecule has 0 fully saturated rings. The van der Waals surface area contributed by atoms with Gasteiger partial charge in [0.2, 0.25) is 0 Å². The number of amides is 1. The van der Waals surface area contributed by atoms with Gasteiger partial charge in [0.1, 0.15) is 23.6 Å². The fourth-order valence-electron chi connectivity index (χ4n) is 3.30. The molecule has 1 amide bonds. The Bertz CT molecular complexity index is 1210. The molecule has 33 heavy (non-hydrogen) atoms. The van der Waals surface area contributed by atoms with Crippen LogP contribution in [0.4, 0.5) is 4.39 Å². The number of ether oxygens (including phenoxy) is 2. The van der Waals surface area contributed by atoms with Crippen LogP contribution in [0, 0.1) is 5.82 Å². The first-order valence-electron chi connectivity index (χ1n) is 10.6. The highest BCUT2D eigenvalue weighted by molar-refractivity contribution is 5.97. The number of carbonyl (C=O) groups is 1. The maximum absolute atomic E-state index is 12.9. The molecule has 1 heterocycles. The lowest BCUT2D eigenvalue weighted by atomic mass is 10.2. The average molecular weight is 449 g/mol. The van der Waals surface area contributed by atoms with Crippen LogP contribution in [0.5, 0.6) is 11.5 Å². The van der Waals surface area contributed by atoms with E-state index in [0.717, 1.165) is 17.0 Å². The summed E-state index contributed by atoms with van der Waals surface area (Å²) in [6, 6.07) is 18.9. The van der Waals surface area contributed by atoms with E-state index in [2.05, 4.69) is 10.3 Å². The molecule has 0 aliphatic carbocycles. The Morgan fingerprint density at radius 1 is 0.970 bits per heavy atom. The van der Waals surface area contributed by atoms with Crippen molar-refractivity contribution >= 4 is 16.9 Å². The molecule has 2 N–H and O–H groups in total. The normalized spacial score (nSPS) is 10.8. The van der Waals surface area contributed by atoms with Crippen LogP contribution in [0.2, 0.25) is 0 Å². The summed E-state index contributed by atoms with van der Waals surface area (Å²) in [5, 5.41) is 11.5. The van der Waals surface area contributed by atoms with Gasteiger partial charge in [0, 0.05) is 24.2 Å².